The lowest BCUT2D eigenvalue weighted by Gasteiger charge is -2.36. The Morgan fingerprint density at radius 3 is 2.61 bits per heavy atom. The summed E-state index contributed by atoms with van der Waals surface area (Å²) in [4.78, 5) is 0. The minimum Gasteiger partial charge on any atom is -0.247 e. The van der Waals surface area contributed by atoms with Crippen molar-refractivity contribution in [1.82, 2.24) is 10.4 Å². The van der Waals surface area contributed by atoms with Gasteiger partial charge in [-0.1, -0.05) is 44.5 Å². The Hall–Kier alpha value is -0.860. The molecule has 1 heterocycles. The van der Waals surface area contributed by atoms with Gasteiger partial charge in [0.2, 0.25) is 0 Å². The minimum absolute atomic E-state index is 0.321. The number of hydrazine groups is 1. The highest BCUT2D eigenvalue weighted by Crippen LogP contribution is 2.45. The van der Waals surface area contributed by atoms with Gasteiger partial charge >= 0.3 is 0 Å². The van der Waals surface area contributed by atoms with Crippen molar-refractivity contribution in [2.75, 3.05) is 13.1 Å². The molecule has 1 atom stereocenters. The molecule has 1 aromatic rings. The molecule has 1 unspecified atom stereocenters. The molecule has 1 aromatic carbocycles. The van der Waals surface area contributed by atoms with Crippen molar-refractivity contribution in [2.45, 2.75) is 45.6 Å². The lowest BCUT2D eigenvalue weighted by atomic mass is 9.86. The summed E-state index contributed by atoms with van der Waals surface area (Å²) < 4.78 is 0. The molecule has 3 rings (SSSR count). The molecule has 1 N–H and O–H groups in total. The molecule has 1 fully saturated rings. The maximum atomic E-state index is 3.80. The van der Waals surface area contributed by atoms with Gasteiger partial charge in [-0.25, -0.2) is 10.4 Å². The van der Waals surface area contributed by atoms with E-state index in [0.29, 0.717) is 11.5 Å². The van der Waals surface area contributed by atoms with Crippen molar-refractivity contribution in [2.24, 2.45) is 5.41 Å². The minimum atomic E-state index is 0.321. The fourth-order valence-corrected chi connectivity index (χ4v) is 3.44. The maximum Gasteiger partial charge on any atom is 0.0521 e. The van der Waals surface area contributed by atoms with E-state index in [-0.39, 0.29) is 0 Å². The van der Waals surface area contributed by atoms with Crippen LogP contribution in [0.15, 0.2) is 24.3 Å². The Morgan fingerprint density at radius 1 is 1.11 bits per heavy atom. The van der Waals surface area contributed by atoms with Crippen LogP contribution in [0.25, 0.3) is 0 Å². The summed E-state index contributed by atoms with van der Waals surface area (Å²) in [6.07, 6.45) is 5.25. The monoisotopic (exact) mass is 244 g/mol. The summed E-state index contributed by atoms with van der Waals surface area (Å²) in [5.41, 5.74) is 7.15. The highest BCUT2D eigenvalue weighted by molar-refractivity contribution is 5.37. The Morgan fingerprint density at radius 2 is 1.83 bits per heavy atom. The second kappa shape index (κ2) is 4.67. The van der Waals surface area contributed by atoms with Gasteiger partial charge in [0.15, 0.2) is 0 Å². The maximum absolute atomic E-state index is 3.80. The first-order chi connectivity index (χ1) is 8.67. The molecule has 18 heavy (non-hydrogen) atoms. The summed E-state index contributed by atoms with van der Waals surface area (Å²) in [5, 5.41) is 2.44. The number of rotatable bonds is 2. The van der Waals surface area contributed by atoms with Gasteiger partial charge in [-0.05, 0) is 35.8 Å². The second-order valence-electron chi connectivity index (χ2n) is 6.47. The van der Waals surface area contributed by atoms with E-state index in [9.17, 15) is 0 Å². The zero-order chi connectivity index (χ0) is 12.6. The lowest BCUT2D eigenvalue weighted by molar-refractivity contribution is 0.0880. The van der Waals surface area contributed by atoms with Crippen molar-refractivity contribution in [3.05, 3.63) is 35.4 Å². The van der Waals surface area contributed by atoms with Gasteiger partial charge in [0.1, 0.15) is 0 Å². The standard InChI is InChI=1S/C16H24N2/c1-16(2)12-13-8-4-5-9-14(13)15(16)17-18-10-6-3-7-11-18/h4-5,8-9,15,17H,3,6-7,10-12H2,1-2H3. The van der Waals surface area contributed by atoms with Gasteiger partial charge in [-0.15, -0.1) is 0 Å². The number of benzene rings is 1. The van der Waals surface area contributed by atoms with Crippen molar-refractivity contribution < 1.29 is 0 Å². The highest BCUT2D eigenvalue weighted by atomic mass is 15.5. The number of piperidine rings is 1. The van der Waals surface area contributed by atoms with Crippen molar-refractivity contribution in [3.8, 4) is 0 Å². The van der Waals surface area contributed by atoms with Gasteiger partial charge in [-0.3, -0.25) is 0 Å². The first-order valence-electron chi connectivity index (χ1n) is 7.26. The van der Waals surface area contributed by atoms with E-state index < -0.39 is 0 Å². The lowest BCUT2D eigenvalue weighted by Crippen LogP contribution is -2.46. The summed E-state index contributed by atoms with van der Waals surface area (Å²) in [6.45, 7) is 7.17. The van der Waals surface area contributed by atoms with Gasteiger partial charge in [0, 0.05) is 13.1 Å². The van der Waals surface area contributed by atoms with Crippen molar-refractivity contribution in [1.29, 1.82) is 0 Å². The molecule has 0 amide bonds. The number of fused-ring (bicyclic) bond motifs is 1. The normalized spacial score (nSPS) is 27.1. The van der Waals surface area contributed by atoms with Gasteiger partial charge in [0.05, 0.1) is 6.04 Å². The van der Waals surface area contributed by atoms with E-state index >= 15 is 0 Å². The summed E-state index contributed by atoms with van der Waals surface area (Å²) in [7, 11) is 0. The SMILES string of the molecule is CC1(C)Cc2ccccc2C1NN1CCCCC1. The zero-order valence-electron chi connectivity index (χ0n) is 11.6. The molecule has 0 saturated carbocycles. The molecular formula is C16H24N2. The van der Waals surface area contributed by atoms with Crippen LogP contribution in [0.2, 0.25) is 0 Å². The zero-order valence-corrected chi connectivity index (χ0v) is 11.6. The molecule has 1 saturated heterocycles. The Kier molecular flexibility index (Phi) is 3.16. The molecule has 2 heteroatoms. The molecule has 0 aromatic heterocycles. The van der Waals surface area contributed by atoms with Gasteiger partial charge in [0.25, 0.3) is 0 Å². The van der Waals surface area contributed by atoms with E-state index in [0.717, 1.165) is 0 Å². The van der Waals surface area contributed by atoms with Crippen LogP contribution in [0.4, 0.5) is 0 Å². The third-order valence-corrected chi connectivity index (χ3v) is 4.46. The molecule has 0 spiro atoms. The third-order valence-electron chi connectivity index (χ3n) is 4.46. The summed E-state index contributed by atoms with van der Waals surface area (Å²) >= 11 is 0. The van der Waals surface area contributed by atoms with Gasteiger partial charge in [-0.2, -0.15) is 0 Å². The number of hydrogen-bond acceptors (Lipinski definition) is 2. The van der Waals surface area contributed by atoms with Crippen molar-refractivity contribution in [3.63, 3.8) is 0 Å². The number of nitrogens with zero attached hydrogens (tertiary/aromatic N) is 1. The smallest absolute Gasteiger partial charge is 0.0521 e. The fourth-order valence-electron chi connectivity index (χ4n) is 3.44. The molecule has 98 valence electrons. The largest absolute Gasteiger partial charge is 0.247 e. The fraction of sp³-hybridized carbons (Fsp3) is 0.625. The quantitative estimate of drug-likeness (QED) is 0.858. The van der Waals surface area contributed by atoms with E-state index in [4.69, 9.17) is 0 Å². The number of hydrogen-bond donors (Lipinski definition) is 1. The molecule has 1 aliphatic carbocycles. The van der Waals surface area contributed by atoms with E-state index in [1.807, 2.05) is 0 Å². The average molecular weight is 244 g/mol. The summed E-state index contributed by atoms with van der Waals surface area (Å²) in [6, 6.07) is 9.40. The van der Waals surface area contributed by atoms with Crippen LogP contribution in [-0.2, 0) is 6.42 Å². The molecular weight excluding hydrogens is 220 g/mol. The topological polar surface area (TPSA) is 15.3 Å². The van der Waals surface area contributed by atoms with E-state index in [1.54, 1.807) is 0 Å². The van der Waals surface area contributed by atoms with Crippen molar-refractivity contribution >= 4 is 0 Å². The highest BCUT2D eigenvalue weighted by Gasteiger charge is 2.39. The second-order valence-corrected chi connectivity index (χ2v) is 6.47. The van der Waals surface area contributed by atoms with E-state index in [1.165, 1.54) is 49.9 Å². The molecule has 2 nitrogen and oxygen atoms in total. The van der Waals surface area contributed by atoms with E-state index in [2.05, 4.69) is 48.5 Å². The molecule has 1 aliphatic heterocycles. The van der Waals surface area contributed by atoms with Crippen LogP contribution in [0.1, 0.15) is 50.3 Å². The van der Waals surface area contributed by atoms with Crippen LogP contribution < -0.4 is 5.43 Å². The first kappa shape index (κ1) is 12.2. The summed E-state index contributed by atoms with van der Waals surface area (Å²) in [5.74, 6) is 0. The predicted molar refractivity (Wildman–Crippen MR) is 75.2 cm³/mol. The van der Waals surface area contributed by atoms with Crippen LogP contribution in [-0.4, -0.2) is 18.1 Å². The van der Waals surface area contributed by atoms with Crippen LogP contribution >= 0.6 is 0 Å². The number of nitrogens with one attached hydrogen (secondary N) is 1. The Balaban J connectivity index is 1.81. The Bertz CT molecular complexity index is 419. The Labute approximate surface area is 110 Å². The predicted octanol–water partition coefficient (Wildman–Crippen LogP) is 3.30. The van der Waals surface area contributed by atoms with Gasteiger partial charge < -0.3 is 0 Å². The molecule has 0 radical (unpaired) electrons. The van der Waals surface area contributed by atoms with Crippen LogP contribution in [0.3, 0.4) is 0 Å². The average Bonchev–Trinajstić information content (AvgIpc) is 2.62. The third kappa shape index (κ3) is 2.19. The first-order valence-corrected chi connectivity index (χ1v) is 7.26. The van der Waals surface area contributed by atoms with Crippen LogP contribution in [0.5, 0.6) is 0 Å². The molecule has 0 bridgehead atoms. The molecule has 2 aliphatic rings. The van der Waals surface area contributed by atoms with Crippen LogP contribution in [0, 0.1) is 5.41 Å².